The van der Waals surface area contributed by atoms with Crippen LogP contribution in [0.1, 0.15) is 26.3 Å². The first-order chi connectivity index (χ1) is 54.1. The van der Waals surface area contributed by atoms with Gasteiger partial charge in [-0.25, -0.2) is 10.9 Å². The lowest BCUT2D eigenvalue weighted by atomic mass is 9.87. The van der Waals surface area contributed by atoms with Crippen LogP contribution in [0.5, 0.6) is 5.75 Å². The van der Waals surface area contributed by atoms with Crippen LogP contribution in [0.2, 0.25) is 0 Å². The van der Waals surface area contributed by atoms with Crippen LogP contribution >= 0.6 is 30.9 Å². The van der Waals surface area contributed by atoms with Crippen molar-refractivity contribution in [1.29, 1.82) is 0 Å². The van der Waals surface area contributed by atoms with E-state index in [0.717, 1.165) is 12.1 Å². The highest BCUT2D eigenvalue weighted by Gasteiger charge is 2.89. The Balaban J connectivity index is 0.000000221. The molecule has 0 fully saturated rings. The van der Waals surface area contributed by atoms with Crippen LogP contribution in [-0.2, 0) is 46.7 Å². The van der Waals surface area contributed by atoms with E-state index < -0.39 is 137 Å². The largest absolute Gasteiger partial charge is 0.497 e. The molecule has 0 radical (unpaired) electrons. The molecule has 0 atom stereocenters. The summed E-state index contributed by atoms with van der Waals surface area (Å²) >= 11 is 0. The van der Waals surface area contributed by atoms with E-state index in [9.17, 15) is 144 Å². The van der Waals surface area contributed by atoms with Gasteiger partial charge in [0, 0.05) is 44.1 Å². The zero-order valence-electron chi connectivity index (χ0n) is 59.7. The van der Waals surface area contributed by atoms with Gasteiger partial charge in [-0.1, -0.05) is 178 Å². The van der Waals surface area contributed by atoms with Crippen LogP contribution in [-0.4, -0.2) is 102 Å². The monoisotopic (exact) mass is 1820 g/mol. The van der Waals surface area contributed by atoms with Crippen LogP contribution in [0, 0.1) is 0 Å². The molecule has 0 heterocycles. The molecule has 0 aliphatic carbocycles. The van der Waals surface area contributed by atoms with Gasteiger partial charge in [-0.15, -0.1) is 0 Å². The van der Waals surface area contributed by atoms with Gasteiger partial charge in [0.05, 0.1) is 7.11 Å². The Bertz CT molecular complexity index is 5330. The van der Waals surface area contributed by atoms with Crippen molar-refractivity contribution in [3.8, 4) is 5.75 Å². The van der Waals surface area contributed by atoms with Gasteiger partial charge in [-0.2, -0.15) is 144 Å². The first-order valence-corrected chi connectivity index (χ1v) is 41.5. The molecule has 10 aromatic rings. The normalized spacial score (nSPS) is 14.4. The number of alkyl halides is 27. The van der Waals surface area contributed by atoms with Gasteiger partial charge in [-0.3, -0.25) is 0 Å². The molecule has 10 nitrogen and oxygen atoms in total. The van der Waals surface area contributed by atoms with Crippen LogP contribution in [0.15, 0.2) is 317 Å². The molecule has 0 bridgehead atoms. The summed E-state index contributed by atoms with van der Waals surface area (Å²) < 4.78 is 468. The number of hydrogen-bond acceptors (Lipinski definition) is 10. The lowest BCUT2D eigenvalue weighted by molar-refractivity contribution is -0.382. The maximum absolute atomic E-state index is 15.0. The summed E-state index contributed by atoms with van der Waals surface area (Å²) in [4.78, 5) is -1.41. The molecule has 0 spiro atoms. The molecule has 0 aliphatic heterocycles. The smallest absolute Gasteiger partial charge is 0.460 e. The van der Waals surface area contributed by atoms with Crippen molar-refractivity contribution >= 4 is 72.1 Å². The average Bonchev–Trinajstić information content (AvgIpc) is 0.715. The molecule has 0 N–H and O–H groups in total. The summed E-state index contributed by atoms with van der Waals surface area (Å²) in [5.41, 5.74) is 0.247. The first kappa shape index (κ1) is 94.6. The van der Waals surface area contributed by atoms with Crippen LogP contribution < -0.4 is 4.74 Å². The Labute approximate surface area is 659 Å². The van der Waals surface area contributed by atoms with Crippen molar-refractivity contribution in [2.75, 3.05) is 7.11 Å². The highest BCUT2D eigenvalue weighted by molar-refractivity contribution is 8.34. The Morgan fingerprint density at radius 3 is 0.712 bits per heavy atom. The number of ether oxygens (including phenoxy) is 1. The molecule has 0 amide bonds. The number of halogens is 27. The topological polar surface area (TPSA) is 139 Å². The lowest BCUT2D eigenvalue weighted by Gasteiger charge is -2.42. The van der Waals surface area contributed by atoms with Crippen LogP contribution in [0.4, 0.5) is 119 Å². The quantitative estimate of drug-likeness (QED) is 0.0508. The van der Waals surface area contributed by atoms with E-state index in [2.05, 4.69) is 0 Å². The minimum Gasteiger partial charge on any atom is -0.497 e. The summed E-state index contributed by atoms with van der Waals surface area (Å²) in [7, 11) is -32.5. The maximum atomic E-state index is 15.0. The Morgan fingerprint density at radius 2 is 0.458 bits per heavy atom. The second kappa shape index (κ2) is 33.3. The third-order valence-electron chi connectivity index (χ3n) is 16.8. The third kappa shape index (κ3) is 16.8. The summed E-state index contributed by atoms with van der Waals surface area (Å²) in [6.45, 7) is 5.50. The highest BCUT2D eigenvalue weighted by Crippen LogP contribution is 2.75. The zero-order valence-corrected chi connectivity index (χ0v) is 64.6. The van der Waals surface area contributed by atoms with E-state index in [1.807, 2.05) is 20.8 Å². The summed E-state index contributed by atoms with van der Waals surface area (Å²) in [5, 5.41) is -20.4. The second-order valence-electron chi connectivity index (χ2n) is 25.5. The molecule has 43 heteroatoms. The van der Waals surface area contributed by atoms with E-state index in [1.165, 1.54) is 250 Å². The van der Waals surface area contributed by atoms with E-state index >= 15 is 0 Å². The van der Waals surface area contributed by atoms with E-state index in [4.69, 9.17) is 15.6 Å². The molecule has 0 aliphatic rings. The van der Waals surface area contributed by atoms with Gasteiger partial charge in [-0.05, 0) is 168 Å². The number of fused-ring (bicyclic) bond motifs is 1. The molecule has 0 saturated heterocycles. The predicted octanol–water partition coefficient (Wildman–Crippen LogP) is 25.4. The van der Waals surface area contributed by atoms with Crippen molar-refractivity contribution in [2.45, 2.75) is 140 Å². The number of rotatable bonds is 25. The van der Waals surface area contributed by atoms with Crippen molar-refractivity contribution in [1.82, 2.24) is 0 Å². The number of methoxy groups -OCH3 is 1. The number of hydrogen-bond donors (Lipinski definition) is 0. The molecule has 118 heavy (non-hydrogen) atoms. The fourth-order valence-corrected chi connectivity index (χ4v) is 26.5. The zero-order chi connectivity index (χ0) is 88.7. The van der Waals surface area contributed by atoms with E-state index in [0.29, 0.717) is 10.9 Å². The average molecular weight is 1820 g/mol. The lowest BCUT2D eigenvalue weighted by Crippen LogP contribution is -2.63. The Hall–Kier alpha value is -8.85. The fourth-order valence-electron chi connectivity index (χ4n) is 10.7. The Kier molecular flexibility index (Phi) is 26.7. The van der Waals surface area contributed by atoms with Crippen LogP contribution in [0.3, 0.4) is 0 Å². The van der Waals surface area contributed by atoms with Crippen molar-refractivity contribution < 1.29 is 159 Å². The Morgan fingerprint density at radius 1 is 0.237 bits per heavy atom. The SMILES string of the molecule is CC(C)(C)c1ccc(S(OS(=O)(=O)C(F)(F)C(F)(F)C(F)(F)C(F)(F)F)(c2ccccc2)c2ccccc2)cc1.COc1ccc(S(OS(=O)(=O)C(F)(F)C(F)(F)C(F)(F)C(F)(F)F)(c2ccccc2)c2ccccc2)cc1.O=S(=O)(OS(c1ccccc1)(c1ccccc1)c1cccc2ccccc12)C(F)(F)C(F)(F)C(F)(F)C(F)(F)F. The van der Waals surface area contributed by atoms with Crippen molar-refractivity contribution in [2.24, 2.45) is 0 Å². The third-order valence-corrected chi connectivity index (χ3v) is 32.5. The van der Waals surface area contributed by atoms with Crippen molar-refractivity contribution in [3.05, 3.63) is 279 Å². The predicted molar refractivity (Wildman–Crippen MR) is 381 cm³/mol. The molecule has 0 saturated carbocycles. The van der Waals surface area contributed by atoms with Gasteiger partial charge in [0.25, 0.3) is 0 Å². The molecular weight excluding hydrogens is 1770 g/mol. The van der Waals surface area contributed by atoms with Crippen LogP contribution in [0.25, 0.3) is 10.8 Å². The first-order valence-electron chi connectivity index (χ1n) is 32.6. The molecule has 10 aromatic carbocycles. The van der Waals surface area contributed by atoms with Gasteiger partial charge < -0.3 is 4.74 Å². The minimum atomic E-state index is -7.45. The maximum Gasteiger partial charge on any atom is 0.460 e. The molecule has 0 aromatic heterocycles. The van der Waals surface area contributed by atoms with Crippen molar-refractivity contribution in [3.63, 3.8) is 0 Å². The van der Waals surface area contributed by atoms with Gasteiger partial charge >= 0.3 is 100 Å². The van der Waals surface area contributed by atoms with Gasteiger partial charge in [0.15, 0.2) is 0 Å². The highest BCUT2D eigenvalue weighted by atomic mass is 32.3. The molecule has 10 rings (SSSR count). The molecular formula is C75H57F27O10S6. The molecule has 642 valence electrons. The van der Waals surface area contributed by atoms with Gasteiger partial charge in [0.2, 0.25) is 0 Å². The molecule has 0 unspecified atom stereocenters. The van der Waals surface area contributed by atoms with E-state index in [-0.39, 0.29) is 55.2 Å². The van der Waals surface area contributed by atoms with E-state index in [1.54, 1.807) is 18.2 Å². The fraction of sp³-hybridized carbons (Fsp3) is 0.227. The summed E-state index contributed by atoms with van der Waals surface area (Å²) in [6.07, 6.45) is -21.6. The minimum absolute atomic E-state index is 0.117. The number of benzene rings is 10. The van der Waals surface area contributed by atoms with Gasteiger partial charge in [0.1, 0.15) is 5.75 Å². The second-order valence-corrected chi connectivity index (χ2v) is 39.0. The standard InChI is InChI=1S/C26H17F9O3S2.C26H23F9O3S2.C23H17F9O4S2/c27-23(28,25(31,32)33)24(29,30)26(34,35)40(36,37)38-39(19-12-3-1-4-13-19,20-14-5-2-6-15-20)22-17-9-11-18-10-7-8-16-21(18)22;1-22(2,3)18-14-16-21(17-15-18)39(19-10-6-4-7-11-19,20-12-8-5-9-13-20)38-40(36,37)26(34,35)24(29,30)23(27,28)25(31,32)33;1-35-16-12-14-19(15-13-16)37(17-8-4-2-5-9-17,18-10-6-3-7-11-18)36-38(33,34)23(31,32)21(26,27)20(24,25)22(28,29)30/h1-17H;4-17H,1-3H3;2-15H,1H3. The summed E-state index contributed by atoms with van der Waals surface area (Å²) in [5.74, 6) is -44.4. The summed E-state index contributed by atoms with van der Waals surface area (Å²) in [6, 6.07) is 60.3.